The maximum Gasteiger partial charge on any atom is 0.280 e. The Bertz CT molecular complexity index is 735. The monoisotopic (exact) mass is 334 g/mol. The molecule has 20 heavy (non-hydrogen) atoms. The number of nitrogens with two attached hydrogens (primary N) is 1. The molecule has 0 bridgehead atoms. The van der Waals surface area contributed by atoms with Crippen molar-refractivity contribution in [3.63, 3.8) is 0 Å². The van der Waals surface area contributed by atoms with Gasteiger partial charge in [0.2, 0.25) is 0 Å². The molecular weight excluding hydrogens is 324 g/mol. The number of halogens is 1. The van der Waals surface area contributed by atoms with E-state index in [1.165, 1.54) is 0 Å². The first-order valence-corrected chi connectivity index (χ1v) is 6.71. The Balaban J connectivity index is 1.96. The second kappa shape index (κ2) is 5.14. The van der Waals surface area contributed by atoms with Gasteiger partial charge in [-0.2, -0.15) is 4.98 Å². The van der Waals surface area contributed by atoms with E-state index < -0.39 is 0 Å². The van der Waals surface area contributed by atoms with E-state index in [0.29, 0.717) is 17.4 Å². The zero-order chi connectivity index (χ0) is 14.1. The Labute approximate surface area is 122 Å². The van der Waals surface area contributed by atoms with E-state index in [1.807, 2.05) is 24.3 Å². The molecule has 0 amide bonds. The summed E-state index contributed by atoms with van der Waals surface area (Å²) in [7, 11) is 0. The molecule has 3 aromatic rings. The lowest BCUT2D eigenvalue weighted by Crippen LogP contribution is -2.06. The topological polar surface area (TPSA) is 95.7 Å². The van der Waals surface area contributed by atoms with Gasteiger partial charge >= 0.3 is 0 Å². The molecule has 1 unspecified atom stereocenters. The van der Waals surface area contributed by atoms with Gasteiger partial charge in [-0.25, -0.2) is 4.68 Å². The maximum absolute atomic E-state index is 5.69. The molecule has 0 aliphatic carbocycles. The van der Waals surface area contributed by atoms with Gasteiger partial charge in [0.25, 0.3) is 5.89 Å². The van der Waals surface area contributed by atoms with Crippen molar-refractivity contribution in [2.45, 2.75) is 13.0 Å². The van der Waals surface area contributed by atoms with Gasteiger partial charge in [0.1, 0.15) is 0 Å². The Morgan fingerprint density at radius 2 is 2.15 bits per heavy atom. The van der Waals surface area contributed by atoms with Crippen molar-refractivity contribution in [3.05, 3.63) is 40.8 Å². The second-order valence-electron chi connectivity index (χ2n) is 4.25. The van der Waals surface area contributed by atoms with Gasteiger partial charge in [-0.3, -0.25) is 0 Å². The van der Waals surface area contributed by atoms with Crippen molar-refractivity contribution in [1.29, 1.82) is 0 Å². The fourth-order valence-corrected chi connectivity index (χ4v) is 2.11. The Hall–Kier alpha value is -2.06. The lowest BCUT2D eigenvalue weighted by molar-refractivity contribution is 0.417. The fourth-order valence-electron chi connectivity index (χ4n) is 1.64. The van der Waals surface area contributed by atoms with Crippen LogP contribution in [0.5, 0.6) is 0 Å². The first kappa shape index (κ1) is 12.9. The second-order valence-corrected chi connectivity index (χ2v) is 5.10. The van der Waals surface area contributed by atoms with E-state index in [0.717, 1.165) is 10.2 Å². The van der Waals surface area contributed by atoms with Crippen LogP contribution in [0.25, 0.3) is 17.3 Å². The number of hydrogen-bond donors (Lipinski definition) is 1. The summed E-state index contributed by atoms with van der Waals surface area (Å²) >= 11 is 3.47. The molecule has 2 aromatic heterocycles. The SMILES string of the molecule is CC(N)c1noc(-c2cn(-c3ccccc3Br)nn2)n1. The number of nitrogens with zero attached hydrogens (tertiary/aromatic N) is 5. The summed E-state index contributed by atoms with van der Waals surface area (Å²) in [5.41, 5.74) is 7.06. The van der Waals surface area contributed by atoms with Crippen LogP contribution in [-0.2, 0) is 0 Å². The zero-order valence-electron chi connectivity index (χ0n) is 10.6. The standard InChI is InChI=1S/C12H11BrN6O/c1-7(14)11-15-12(20-17-11)9-6-19(18-16-9)10-5-3-2-4-8(10)13/h2-7H,14H2,1H3. The van der Waals surface area contributed by atoms with Gasteiger partial charge in [0, 0.05) is 4.47 Å². The number of benzene rings is 1. The molecule has 1 aromatic carbocycles. The highest BCUT2D eigenvalue weighted by Gasteiger charge is 2.15. The van der Waals surface area contributed by atoms with E-state index in [1.54, 1.807) is 17.8 Å². The first-order chi connectivity index (χ1) is 9.65. The third-order valence-corrected chi connectivity index (χ3v) is 3.33. The molecule has 102 valence electrons. The van der Waals surface area contributed by atoms with Gasteiger partial charge in [0.05, 0.1) is 17.9 Å². The summed E-state index contributed by atoms with van der Waals surface area (Å²) in [5.74, 6) is 0.742. The molecule has 0 saturated carbocycles. The average Bonchev–Trinajstić information content (AvgIpc) is 3.08. The molecule has 0 aliphatic heterocycles. The third kappa shape index (κ3) is 2.35. The van der Waals surface area contributed by atoms with Gasteiger partial charge in [-0.15, -0.1) is 5.10 Å². The Morgan fingerprint density at radius 3 is 2.85 bits per heavy atom. The largest absolute Gasteiger partial charge is 0.332 e. The first-order valence-electron chi connectivity index (χ1n) is 5.92. The summed E-state index contributed by atoms with van der Waals surface area (Å²) in [5, 5.41) is 11.9. The van der Waals surface area contributed by atoms with Gasteiger partial charge in [-0.05, 0) is 35.0 Å². The lowest BCUT2D eigenvalue weighted by Gasteiger charge is -2.01. The Kier molecular flexibility index (Phi) is 3.33. The summed E-state index contributed by atoms with van der Waals surface area (Å²) in [6, 6.07) is 7.41. The Morgan fingerprint density at radius 1 is 1.35 bits per heavy atom. The van der Waals surface area contributed by atoms with Crippen LogP contribution in [0.15, 0.2) is 39.5 Å². The molecular formula is C12H11BrN6O. The van der Waals surface area contributed by atoms with Crippen LogP contribution in [0.4, 0.5) is 0 Å². The fraction of sp³-hybridized carbons (Fsp3) is 0.167. The van der Waals surface area contributed by atoms with Crippen LogP contribution < -0.4 is 5.73 Å². The summed E-state index contributed by atoms with van der Waals surface area (Å²) in [6.07, 6.45) is 1.72. The molecule has 7 nitrogen and oxygen atoms in total. The van der Waals surface area contributed by atoms with Crippen molar-refractivity contribution in [3.8, 4) is 17.3 Å². The van der Waals surface area contributed by atoms with Crippen molar-refractivity contribution in [1.82, 2.24) is 25.1 Å². The minimum atomic E-state index is -0.286. The van der Waals surface area contributed by atoms with E-state index in [2.05, 4.69) is 36.4 Å². The van der Waals surface area contributed by atoms with E-state index in [-0.39, 0.29) is 6.04 Å². The summed E-state index contributed by atoms with van der Waals surface area (Å²) in [6.45, 7) is 1.78. The highest BCUT2D eigenvalue weighted by Crippen LogP contribution is 2.22. The van der Waals surface area contributed by atoms with Crippen LogP contribution >= 0.6 is 15.9 Å². The molecule has 0 spiro atoms. The molecule has 0 saturated heterocycles. The lowest BCUT2D eigenvalue weighted by atomic mass is 10.3. The predicted molar refractivity (Wildman–Crippen MR) is 75.0 cm³/mol. The van der Waals surface area contributed by atoms with Crippen LogP contribution in [0.1, 0.15) is 18.8 Å². The highest BCUT2D eigenvalue weighted by atomic mass is 79.9. The average molecular weight is 335 g/mol. The molecule has 0 radical (unpaired) electrons. The maximum atomic E-state index is 5.69. The van der Waals surface area contributed by atoms with Gasteiger partial charge < -0.3 is 10.3 Å². The number of rotatable bonds is 3. The smallest absolute Gasteiger partial charge is 0.280 e. The zero-order valence-corrected chi connectivity index (χ0v) is 12.1. The predicted octanol–water partition coefficient (Wildman–Crippen LogP) is 2.10. The normalized spacial score (nSPS) is 12.6. The van der Waals surface area contributed by atoms with Crippen LogP contribution in [0, 0.1) is 0 Å². The van der Waals surface area contributed by atoms with Crippen LogP contribution in [0.3, 0.4) is 0 Å². The molecule has 2 N–H and O–H groups in total. The van der Waals surface area contributed by atoms with Crippen molar-refractivity contribution < 1.29 is 4.52 Å². The van der Waals surface area contributed by atoms with Gasteiger partial charge in [-0.1, -0.05) is 22.5 Å². The summed E-state index contributed by atoms with van der Waals surface area (Å²) < 4.78 is 7.67. The molecule has 1 atom stereocenters. The van der Waals surface area contributed by atoms with Crippen molar-refractivity contribution >= 4 is 15.9 Å². The minimum Gasteiger partial charge on any atom is -0.332 e. The molecule has 3 rings (SSSR count). The van der Waals surface area contributed by atoms with E-state index in [9.17, 15) is 0 Å². The summed E-state index contributed by atoms with van der Waals surface area (Å²) in [4.78, 5) is 4.18. The van der Waals surface area contributed by atoms with Crippen molar-refractivity contribution in [2.24, 2.45) is 5.73 Å². The highest BCUT2D eigenvalue weighted by molar-refractivity contribution is 9.10. The van der Waals surface area contributed by atoms with E-state index in [4.69, 9.17) is 10.3 Å². The molecule has 0 fully saturated rings. The number of para-hydroxylation sites is 1. The minimum absolute atomic E-state index is 0.286. The van der Waals surface area contributed by atoms with Gasteiger partial charge in [0.15, 0.2) is 11.5 Å². The molecule has 2 heterocycles. The quantitative estimate of drug-likeness (QED) is 0.787. The molecule has 0 aliphatic rings. The van der Waals surface area contributed by atoms with Crippen molar-refractivity contribution in [2.75, 3.05) is 0 Å². The number of hydrogen-bond acceptors (Lipinski definition) is 6. The number of aromatic nitrogens is 5. The van der Waals surface area contributed by atoms with Crippen LogP contribution in [-0.4, -0.2) is 25.1 Å². The third-order valence-electron chi connectivity index (χ3n) is 2.66. The van der Waals surface area contributed by atoms with E-state index >= 15 is 0 Å². The van der Waals surface area contributed by atoms with Crippen LogP contribution in [0.2, 0.25) is 0 Å². The molecule has 8 heteroatoms.